The molecule has 0 radical (unpaired) electrons. The van der Waals surface area contributed by atoms with Gasteiger partial charge in [0.15, 0.2) is 19.0 Å². The zero-order chi connectivity index (χ0) is 15.1. The molecule has 0 spiro atoms. The van der Waals surface area contributed by atoms with E-state index in [0.29, 0.717) is 11.3 Å². The summed E-state index contributed by atoms with van der Waals surface area (Å²) >= 11 is 3.30. The molecular weight excluding hydrogens is 336 g/mol. The molecule has 2 rings (SSSR count). The highest BCUT2D eigenvalue weighted by Crippen LogP contribution is 2.17. The third kappa shape index (κ3) is 5.04. The number of benzene rings is 2. The van der Waals surface area contributed by atoms with E-state index >= 15 is 0 Å². The van der Waals surface area contributed by atoms with Crippen LogP contribution < -0.4 is 4.74 Å². The first-order valence-electron chi connectivity index (χ1n) is 6.27. The van der Waals surface area contributed by atoms with Crippen molar-refractivity contribution < 1.29 is 19.1 Å². The van der Waals surface area contributed by atoms with E-state index in [1.165, 1.54) is 0 Å². The lowest BCUT2D eigenvalue weighted by atomic mass is 10.1. The molecule has 2 aromatic rings. The van der Waals surface area contributed by atoms with Gasteiger partial charge >= 0.3 is 5.97 Å². The Balaban J connectivity index is 1.76. The quantitative estimate of drug-likeness (QED) is 0.593. The summed E-state index contributed by atoms with van der Waals surface area (Å²) in [5.41, 5.74) is 0.512. The number of carbonyl (C=O) groups is 2. The molecule has 108 valence electrons. The van der Waals surface area contributed by atoms with Gasteiger partial charge in [0.05, 0.1) is 0 Å². The predicted molar refractivity (Wildman–Crippen MR) is 81.4 cm³/mol. The number of carbonyl (C=O) groups excluding carboxylic acids is 2. The zero-order valence-corrected chi connectivity index (χ0v) is 12.7. The largest absolute Gasteiger partial charge is 0.482 e. The lowest BCUT2D eigenvalue weighted by Crippen LogP contribution is -2.19. The Morgan fingerprint density at radius 3 is 2.43 bits per heavy atom. The molecule has 5 heteroatoms. The fourth-order valence-electron chi connectivity index (χ4n) is 1.59. The van der Waals surface area contributed by atoms with Crippen molar-refractivity contribution in [1.29, 1.82) is 0 Å². The Labute approximate surface area is 130 Å². The first-order chi connectivity index (χ1) is 10.1. The van der Waals surface area contributed by atoms with Crippen molar-refractivity contribution in [2.45, 2.75) is 0 Å². The van der Waals surface area contributed by atoms with E-state index in [1.807, 2.05) is 12.1 Å². The average molecular weight is 349 g/mol. The van der Waals surface area contributed by atoms with Gasteiger partial charge < -0.3 is 9.47 Å². The highest BCUT2D eigenvalue weighted by atomic mass is 79.9. The van der Waals surface area contributed by atoms with Crippen LogP contribution in [-0.2, 0) is 9.53 Å². The molecule has 0 aliphatic heterocycles. The lowest BCUT2D eigenvalue weighted by Gasteiger charge is -2.07. The van der Waals surface area contributed by atoms with Gasteiger partial charge in [0.2, 0.25) is 0 Å². The van der Waals surface area contributed by atoms with Crippen LogP contribution in [0.4, 0.5) is 0 Å². The number of rotatable bonds is 6. The SMILES string of the molecule is O=C(COc1cccc(Br)c1)OCC(=O)c1ccccc1. The summed E-state index contributed by atoms with van der Waals surface area (Å²) < 4.78 is 11.0. The molecule has 21 heavy (non-hydrogen) atoms. The van der Waals surface area contributed by atoms with Gasteiger partial charge in [-0.05, 0) is 18.2 Å². The van der Waals surface area contributed by atoms with Gasteiger partial charge in [0, 0.05) is 10.0 Å². The minimum absolute atomic E-state index is 0.238. The van der Waals surface area contributed by atoms with Gasteiger partial charge in [-0.1, -0.05) is 52.3 Å². The van der Waals surface area contributed by atoms with Crippen LogP contribution in [0.25, 0.3) is 0 Å². The predicted octanol–water partition coefficient (Wildman–Crippen LogP) is 3.25. The number of halogens is 1. The molecule has 0 saturated heterocycles. The smallest absolute Gasteiger partial charge is 0.344 e. The van der Waals surface area contributed by atoms with Crippen molar-refractivity contribution in [3.63, 3.8) is 0 Å². The second-order valence-electron chi connectivity index (χ2n) is 4.20. The van der Waals surface area contributed by atoms with Crippen molar-refractivity contribution >= 4 is 27.7 Å². The fourth-order valence-corrected chi connectivity index (χ4v) is 1.97. The zero-order valence-electron chi connectivity index (χ0n) is 11.1. The van der Waals surface area contributed by atoms with E-state index in [9.17, 15) is 9.59 Å². The summed E-state index contributed by atoms with van der Waals surface area (Å²) in [7, 11) is 0. The summed E-state index contributed by atoms with van der Waals surface area (Å²) in [4.78, 5) is 23.3. The van der Waals surface area contributed by atoms with Crippen LogP contribution in [0.15, 0.2) is 59.1 Å². The molecule has 0 atom stereocenters. The molecular formula is C16H13BrO4. The average Bonchev–Trinajstić information content (AvgIpc) is 2.51. The second kappa shape index (κ2) is 7.59. The van der Waals surface area contributed by atoms with E-state index in [-0.39, 0.29) is 19.0 Å². The number of ether oxygens (including phenoxy) is 2. The molecule has 0 aliphatic carbocycles. The summed E-state index contributed by atoms with van der Waals surface area (Å²) in [5, 5.41) is 0. The Morgan fingerprint density at radius 2 is 1.71 bits per heavy atom. The maximum Gasteiger partial charge on any atom is 0.344 e. The Hall–Kier alpha value is -2.14. The van der Waals surface area contributed by atoms with E-state index in [1.54, 1.807) is 42.5 Å². The number of esters is 1. The third-order valence-corrected chi connectivity index (χ3v) is 3.11. The van der Waals surface area contributed by atoms with Gasteiger partial charge in [-0.2, -0.15) is 0 Å². The monoisotopic (exact) mass is 348 g/mol. The molecule has 0 saturated carbocycles. The van der Waals surface area contributed by atoms with Crippen LogP contribution in [0.5, 0.6) is 5.75 Å². The third-order valence-electron chi connectivity index (χ3n) is 2.61. The maximum atomic E-state index is 11.7. The van der Waals surface area contributed by atoms with Crippen molar-refractivity contribution in [2.24, 2.45) is 0 Å². The van der Waals surface area contributed by atoms with Crippen LogP contribution in [0.2, 0.25) is 0 Å². The minimum Gasteiger partial charge on any atom is -0.482 e. The van der Waals surface area contributed by atoms with Crippen molar-refractivity contribution in [2.75, 3.05) is 13.2 Å². The van der Waals surface area contributed by atoms with E-state index in [4.69, 9.17) is 9.47 Å². The molecule has 0 aliphatic rings. The lowest BCUT2D eigenvalue weighted by molar-refractivity contribution is -0.144. The normalized spacial score (nSPS) is 9.95. The van der Waals surface area contributed by atoms with E-state index in [2.05, 4.69) is 15.9 Å². The summed E-state index contributed by atoms with van der Waals surface area (Å²) in [6, 6.07) is 15.8. The highest BCUT2D eigenvalue weighted by Gasteiger charge is 2.10. The summed E-state index contributed by atoms with van der Waals surface area (Å²) in [6.07, 6.45) is 0. The summed E-state index contributed by atoms with van der Waals surface area (Å²) in [5.74, 6) is -0.277. The Kier molecular flexibility index (Phi) is 5.51. The fraction of sp³-hybridized carbons (Fsp3) is 0.125. The van der Waals surface area contributed by atoms with Crippen LogP contribution in [0.3, 0.4) is 0 Å². The molecule has 0 heterocycles. The van der Waals surface area contributed by atoms with Crippen LogP contribution >= 0.6 is 15.9 Å². The van der Waals surface area contributed by atoms with Crippen molar-refractivity contribution in [3.05, 3.63) is 64.6 Å². The van der Waals surface area contributed by atoms with E-state index < -0.39 is 5.97 Å². The Morgan fingerprint density at radius 1 is 0.952 bits per heavy atom. The number of hydrogen-bond acceptors (Lipinski definition) is 4. The van der Waals surface area contributed by atoms with Gasteiger partial charge in [-0.25, -0.2) is 4.79 Å². The highest BCUT2D eigenvalue weighted by molar-refractivity contribution is 9.10. The van der Waals surface area contributed by atoms with Crippen LogP contribution in [-0.4, -0.2) is 25.0 Å². The molecule has 2 aromatic carbocycles. The molecule has 0 amide bonds. The first-order valence-corrected chi connectivity index (χ1v) is 7.06. The topological polar surface area (TPSA) is 52.6 Å². The van der Waals surface area contributed by atoms with Gasteiger partial charge in [-0.15, -0.1) is 0 Å². The van der Waals surface area contributed by atoms with E-state index in [0.717, 1.165) is 4.47 Å². The van der Waals surface area contributed by atoms with Crippen molar-refractivity contribution in [3.8, 4) is 5.75 Å². The molecule has 0 unspecified atom stereocenters. The second-order valence-corrected chi connectivity index (χ2v) is 5.11. The molecule has 0 aromatic heterocycles. The van der Waals surface area contributed by atoms with Gasteiger partial charge in [0.25, 0.3) is 0 Å². The van der Waals surface area contributed by atoms with Gasteiger partial charge in [-0.3, -0.25) is 4.79 Å². The standard InChI is InChI=1S/C16H13BrO4/c17-13-7-4-8-14(9-13)20-11-16(19)21-10-15(18)12-5-2-1-3-6-12/h1-9H,10-11H2. The molecule has 4 nitrogen and oxygen atoms in total. The first kappa shape index (κ1) is 15.3. The van der Waals surface area contributed by atoms with Crippen LogP contribution in [0, 0.1) is 0 Å². The molecule has 0 bridgehead atoms. The Bertz CT molecular complexity index is 625. The number of Topliss-reactive ketones (excluding diaryl/α,β-unsaturated/α-hetero) is 1. The maximum absolute atomic E-state index is 11.7. The summed E-state index contributed by atoms with van der Waals surface area (Å²) in [6.45, 7) is -0.525. The van der Waals surface area contributed by atoms with Crippen molar-refractivity contribution in [1.82, 2.24) is 0 Å². The number of hydrogen-bond donors (Lipinski definition) is 0. The van der Waals surface area contributed by atoms with Gasteiger partial charge in [0.1, 0.15) is 5.75 Å². The minimum atomic E-state index is -0.584. The molecule has 0 N–H and O–H groups in total. The number of ketones is 1. The molecule has 0 fully saturated rings. The van der Waals surface area contributed by atoms with Crippen LogP contribution in [0.1, 0.15) is 10.4 Å².